The quantitative estimate of drug-likeness (QED) is 0.0277. The van der Waals surface area contributed by atoms with Crippen LogP contribution in [0.1, 0.15) is 168 Å². The van der Waals surface area contributed by atoms with Crippen molar-refractivity contribution in [2.24, 2.45) is 0 Å². The molecule has 0 spiro atoms. The van der Waals surface area contributed by atoms with Crippen molar-refractivity contribution in [2.75, 3.05) is 13.2 Å². The van der Waals surface area contributed by atoms with Crippen LogP contribution in [0.5, 0.6) is 0 Å². The number of rotatable bonds is 35. The topological polar surface area (TPSA) is 149 Å². The zero-order valence-electron chi connectivity index (χ0n) is 34.7. The Hall–Kier alpha value is -2.11. The van der Waals surface area contributed by atoms with Gasteiger partial charge in [0.25, 0.3) is 0 Å². The van der Waals surface area contributed by atoms with Crippen molar-refractivity contribution < 1.29 is 39.8 Å². The van der Waals surface area contributed by atoms with Gasteiger partial charge in [0.2, 0.25) is 5.91 Å². The summed E-state index contributed by atoms with van der Waals surface area (Å²) in [6, 6.07) is -0.836. The molecule has 0 aromatic rings. The molecule has 0 aliphatic carbocycles. The van der Waals surface area contributed by atoms with Crippen LogP contribution in [0.2, 0.25) is 0 Å². The van der Waals surface area contributed by atoms with E-state index in [2.05, 4.69) is 67.8 Å². The second-order valence-electron chi connectivity index (χ2n) is 15.1. The van der Waals surface area contributed by atoms with Gasteiger partial charge in [0.1, 0.15) is 24.4 Å². The molecule has 0 bridgehead atoms. The van der Waals surface area contributed by atoms with Crippen LogP contribution < -0.4 is 5.32 Å². The highest BCUT2D eigenvalue weighted by molar-refractivity contribution is 5.76. The summed E-state index contributed by atoms with van der Waals surface area (Å²) in [5.74, 6) is -0.208. The van der Waals surface area contributed by atoms with Crippen LogP contribution in [0.15, 0.2) is 60.8 Å². The van der Waals surface area contributed by atoms with Crippen LogP contribution in [0.4, 0.5) is 0 Å². The molecule has 1 aliphatic heterocycles. The maximum atomic E-state index is 12.9. The molecule has 0 saturated carbocycles. The molecule has 1 fully saturated rings. The van der Waals surface area contributed by atoms with Crippen LogP contribution in [0.3, 0.4) is 0 Å². The van der Waals surface area contributed by atoms with Crippen LogP contribution in [0, 0.1) is 0 Å². The van der Waals surface area contributed by atoms with Crippen LogP contribution in [0.25, 0.3) is 0 Å². The first-order valence-electron chi connectivity index (χ1n) is 22.0. The van der Waals surface area contributed by atoms with Gasteiger partial charge in [0.05, 0.1) is 25.4 Å². The van der Waals surface area contributed by atoms with Gasteiger partial charge >= 0.3 is 0 Å². The van der Waals surface area contributed by atoms with E-state index >= 15 is 0 Å². The van der Waals surface area contributed by atoms with E-state index in [1.165, 1.54) is 70.6 Å². The zero-order chi connectivity index (χ0) is 40.2. The van der Waals surface area contributed by atoms with Crippen molar-refractivity contribution in [1.82, 2.24) is 5.32 Å². The summed E-state index contributed by atoms with van der Waals surface area (Å²) in [7, 11) is 0. The van der Waals surface area contributed by atoms with Gasteiger partial charge in [-0.2, -0.15) is 0 Å². The van der Waals surface area contributed by atoms with Crippen LogP contribution >= 0.6 is 0 Å². The fraction of sp³-hybridized carbons (Fsp3) is 0.761. The molecule has 7 atom stereocenters. The average molecular weight is 776 g/mol. The Balaban J connectivity index is 2.45. The standard InChI is InChI=1S/C46H81NO8/c1-3-5-7-9-11-13-15-17-19-20-22-23-25-27-29-31-33-35-40(49)39(38-54-46-45(53)44(52)43(51)41(37-48)55-46)47-42(50)36-34-32-30-28-26-24-21-18-16-14-12-10-8-6-4-2/h12,14,18-21,25,27,33,35,39-41,43-46,48-49,51-53H,3-11,13,15-17,22-24,26,28-32,34,36-38H2,1-2H3,(H,47,50)/b14-12-,20-19+,21-18-,27-25+,35-33+. The normalized spacial score (nSPS) is 21.9. The van der Waals surface area contributed by atoms with E-state index in [-0.39, 0.29) is 12.5 Å². The lowest BCUT2D eigenvalue weighted by Gasteiger charge is -2.40. The van der Waals surface area contributed by atoms with Gasteiger partial charge in [0, 0.05) is 6.42 Å². The average Bonchev–Trinajstić information content (AvgIpc) is 3.18. The molecule has 1 saturated heterocycles. The number of unbranched alkanes of at least 4 members (excludes halogenated alkanes) is 17. The Labute approximate surface area is 335 Å². The first-order valence-corrected chi connectivity index (χ1v) is 22.0. The van der Waals surface area contributed by atoms with Crippen molar-refractivity contribution in [1.29, 1.82) is 0 Å². The molecule has 1 amide bonds. The minimum atomic E-state index is -1.58. The SMILES string of the molecule is CCCCC/C=C\C/C=C\CCCCCCCC(=O)NC(COC1OC(CO)C(O)C(O)C1O)C(O)/C=C/CC/C=C/CC/C=C/CCCCCCCCC. The first kappa shape index (κ1) is 50.9. The van der Waals surface area contributed by atoms with E-state index in [0.29, 0.717) is 6.42 Å². The van der Waals surface area contributed by atoms with E-state index in [1.54, 1.807) is 6.08 Å². The van der Waals surface area contributed by atoms with Crippen LogP contribution in [-0.2, 0) is 14.3 Å². The minimum absolute atomic E-state index is 0.208. The number of aliphatic hydroxyl groups is 5. The lowest BCUT2D eigenvalue weighted by molar-refractivity contribution is -0.302. The molecule has 0 aromatic carbocycles. The van der Waals surface area contributed by atoms with Crippen molar-refractivity contribution >= 4 is 5.91 Å². The summed E-state index contributed by atoms with van der Waals surface area (Å²) < 4.78 is 11.2. The number of aliphatic hydroxyl groups excluding tert-OH is 5. The van der Waals surface area contributed by atoms with Gasteiger partial charge in [-0.05, 0) is 77.0 Å². The van der Waals surface area contributed by atoms with Crippen molar-refractivity contribution in [3.63, 3.8) is 0 Å². The third-order valence-electron chi connectivity index (χ3n) is 10.0. The molecule has 1 rings (SSSR count). The molecule has 7 unspecified atom stereocenters. The highest BCUT2D eigenvalue weighted by Crippen LogP contribution is 2.22. The molecule has 1 heterocycles. The van der Waals surface area contributed by atoms with Crippen molar-refractivity contribution in [3.05, 3.63) is 60.8 Å². The Morgan fingerprint density at radius 2 is 1.09 bits per heavy atom. The van der Waals surface area contributed by atoms with E-state index < -0.39 is 49.5 Å². The lowest BCUT2D eigenvalue weighted by Crippen LogP contribution is -2.60. The third-order valence-corrected chi connectivity index (χ3v) is 10.0. The summed E-state index contributed by atoms with van der Waals surface area (Å²) in [6.07, 6.45) is 39.7. The Bertz CT molecular complexity index is 1040. The molecule has 0 aromatic heterocycles. The molecular formula is C46H81NO8. The molecule has 318 valence electrons. The van der Waals surface area contributed by atoms with Gasteiger partial charge < -0.3 is 40.3 Å². The van der Waals surface area contributed by atoms with Crippen molar-refractivity contribution in [2.45, 2.75) is 211 Å². The number of allylic oxidation sites excluding steroid dienone is 9. The molecule has 0 radical (unpaired) electrons. The monoisotopic (exact) mass is 776 g/mol. The van der Waals surface area contributed by atoms with Gasteiger partial charge in [0.15, 0.2) is 6.29 Å². The fourth-order valence-electron chi connectivity index (χ4n) is 6.45. The number of carbonyl (C=O) groups is 1. The Morgan fingerprint density at radius 1 is 0.618 bits per heavy atom. The van der Waals surface area contributed by atoms with E-state index in [0.717, 1.165) is 77.0 Å². The van der Waals surface area contributed by atoms with Crippen molar-refractivity contribution in [3.8, 4) is 0 Å². The molecule has 55 heavy (non-hydrogen) atoms. The lowest BCUT2D eigenvalue weighted by atomic mass is 9.99. The maximum Gasteiger partial charge on any atom is 0.220 e. The van der Waals surface area contributed by atoms with Gasteiger partial charge in [-0.3, -0.25) is 4.79 Å². The number of nitrogens with one attached hydrogen (secondary N) is 1. The summed E-state index contributed by atoms with van der Waals surface area (Å²) in [6.45, 7) is 3.69. The number of amides is 1. The Morgan fingerprint density at radius 3 is 1.67 bits per heavy atom. The van der Waals surface area contributed by atoms with E-state index in [1.807, 2.05) is 6.08 Å². The van der Waals surface area contributed by atoms with Gasteiger partial charge in [-0.1, -0.05) is 145 Å². The first-order chi connectivity index (χ1) is 26.8. The van der Waals surface area contributed by atoms with E-state index in [4.69, 9.17) is 9.47 Å². The minimum Gasteiger partial charge on any atom is -0.394 e. The van der Waals surface area contributed by atoms with Gasteiger partial charge in [-0.25, -0.2) is 0 Å². The predicted molar refractivity (Wildman–Crippen MR) is 226 cm³/mol. The number of ether oxygens (including phenoxy) is 2. The summed E-state index contributed by atoms with van der Waals surface area (Å²) in [4.78, 5) is 12.9. The molecule has 1 aliphatic rings. The van der Waals surface area contributed by atoms with Crippen LogP contribution in [-0.4, -0.2) is 87.5 Å². The summed E-state index contributed by atoms with van der Waals surface area (Å²) in [5.41, 5.74) is 0. The van der Waals surface area contributed by atoms with E-state index in [9.17, 15) is 30.3 Å². The smallest absolute Gasteiger partial charge is 0.220 e. The molecule has 9 heteroatoms. The number of hydrogen-bond acceptors (Lipinski definition) is 8. The zero-order valence-corrected chi connectivity index (χ0v) is 34.7. The fourth-order valence-corrected chi connectivity index (χ4v) is 6.45. The molecule has 6 N–H and O–H groups in total. The third kappa shape index (κ3) is 27.2. The second-order valence-corrected chi connectivity index (χ2v) is 15.1. The summed E-state index contributed by atoms with van der Waals surface area (Å²) >= 11 is 0. The predicted octanol–water partition coefficient (Wildman–Crippen LogP) is 8.83. The highest BCUT2D eigenvalue weighted by atomic mass is 16.7. The number of hydrogen-bond donors (Lipinski definition) is 6. The molecular weight excluding hydrogens is 695 g/mol. The molecule has 9 nitrogen and oxygen atoms in total. The maximum absolute atomic E-state index is 12.9. The number of carbonyl (C=O) groups excluding carboxylic acids is 1. The Kier molecular flexibility index (Phi) is 33.5. The largest absolute Gasteiger partial charge is 0.394 e. The summed E-state index contributed by atoms with van der Waals surface area (Å²) in [5, 5.41) is 54.1. The highest BCUT2D eigenvalue weighted by Gasteiger charge is 2.44. The van der Waals surface area contributed by atoms with Gasteiger partial charge in [-0.15, -0.1) is 0 Å². The second kappa shape index (κ2) is 36.2.